The number of hydrogen-bond acceptors (Lipinski definition) is 2. The molecule has 0 aliphatic heterocycles. The summed E-state index contributed by atoms with van der Waals surface area (Å²) in [5, 5.41) is 0. The van der Waals surface area contributed by atoms with Crippen LogP contribution in [0.4, 0.5) is 0 Å². The number of carbonyl (C=O) groups is 1. The predicted molar refractivity (Wildman–Crippen MR) is 96.2 cm³/mol. The second-order valence-corrected chi connectivity index (χ2v) is 5.59. The Morgan fingerprint density at radius 2 is 1.87 bits per heavy atom. The van der Waals surface area contributed by atoms with Crippen LogP contribution in [0.15, 0.2) is 55.1 Å². The lowest BCUT2D eigenvalue weighted by molar-refractivity contribution is 0.111. The molecule has 0 aromatic heterocycles. The summed E-state index contributed by atoms with van der Waals surface area (Å²) in [6.07, 6.45) is 6.70. The van der Waals surface area contributed by atoms with E-state index in [1.54, 1.807) is 0 Å². The molecule has 23 heavy (non-hydrogen) atoms. The molecule has 0 spiro atoms. The van der Waals surface area contributed by atoms with E-state index in [9.17, 15) is 4.79 Å². The van der Waals surface area contributed by atoms with Gasteiger partial charge in [0.1, 0.15) is 5.75 Å². The van der Waals surface area contributed by atoms with Gasteiger partial charge in [0.05, 0.1) is 12.2 Å². The highest BCUT2D eigenvalue weighted by molar-refractivity contribution is 5.84. The molecule has 2 heteroatoms. The molecule has 2 aromatic rings. The topological polar surface area (TPSA) is 26.3 Å². The summed E-state index contributed by atoms with van der Waals surface area (Å²) < 4.78 is 5.93. The fourth-order valence-electron chi connectivity index (χ4n) is 2.61. The van der Waals surface area contributed by atoms with Crippen molar-refractivity contribution in [2.45, 2.75) is 32.6 Å². The van der Waals surface area contributed by atoms with Crippen molar-refractivity contribution < 1.29 is 9.53 Å². The Balaban J connectivity index is 2.36. The predicted octanol–water partition coefficient (Wildman–Crippen LogP) is 5.46. The van der Waals surface area contributed by atoms with Crippen LogP contribution in [-0.4, -0.2) is 12.9 Å². The summed E-state index contributed by atoms with van der Waals surface area (Å²) in [5.74, 6) is 0.704. The zero-order chi connectivity index (χ0) is 16.5. The molecular formula is C21H24O2. The molecule has 0 heterocycles. The van der Waals surface area contributed by atoms with Crippen LogP contribution in [0.1, 0.15) is 42.1 Å². The summed E-state index contributed by atoms with van der Waals surface area (Å²) in [6.45, 7) is 6.62. The highest BCUT2D eigenvalue weighted by atomic mass is 16.5. The maximum absolute atomic E-state index is 11.6. The smallest absolute Gasteiger partial charge is 0.153 e. The third-order valence-electron chi connectivity index (χ3n) is 3.79. The Morgan fingerprint density at radius 1 is 1.09 bits per heavy atom. The minimum absolute atomic E-state index is 0.611. The summed E-state index contributed by atoms with van der Waals surface area (Å²) in [6, 6.07) is 14.1. The number of aldehydes is 1. The highest BCUT2D eigenvalue weighted by Gasteiger charge is 2.12. The van der Waals surface area contributed by atoms with E-state index in [0.29, 0.717) is 24.3 Å². The molecule has 0 fully saturated rings. The van der Waals surface area contributed by atoms with Gasteiger partial charge >= 0.3 is 0 Å². The molecule has 0 saturated carbocycles. The van der Waals surface area contributed by atoms with Gasteiger partial charge in [0, 0.05) is 0 Å². The lowest BCUT2D eigenvalue weighted by Crippen LogP contribution is -2.04. The number of ether oxygens (including phenoxy) is 1. The quantitative estimate of drug-likeness (QED) is 0.349. The second kappa shape index (κ2) is 8.94. The fraction of sp³-hybridized carbons (Fsp3) is 0.286. The van der Waals surface area contributed by atoms with Crippen LogP contribution in [0.3, 0.4) is 0 Å². The minimum atomic E-state index is 0.611. The van der Waals surface area contributed by atoms with Gasteiger partial charge in [0.2, 0.25) is 0 Å². The van der Waals surface area contributed by atoms with Gasteiger partial charge in [-0.25, -0.2) is 0 Å². The molecule has 0 atom stereocenters. The van der Waals surface area contributed by atoms with Crippen molar-refractivity contribution in [3.63, 3.8) is 0 Å². The Labute approximate surface area is 138 Å². The molecule has 0 bridgehead atoms. The molecule has 0 amide bonds. The van der Waals surface area contributed by atoms with E-state index in [-0.39, 0.29) is 0 Å². The normalized spacial score (nSPS) is 10.3. The van der Waals surface area contributed by atoms with E-state index in [2.05, 4.69) is 19.6 Å². The highest BCUT2D eigenvalue weighted by Crippen LogP contribution is 2.31. The van der Waals surface area contributed by atoms with Crippen LogP contribution in [0, 0.1) is 0 Å². The van der Waals surface area contributed by atoms with Gasteiger partial charge in [-0.2, -0.15) is 0 Å². The molecule has 0 unspecified atom stereocenters. The first-order valence-electron chi connectivity index (χ1n) is 8.21. The van der Waals surface area contributed by atoms with Crippen molar-refractivity contribution >= 4 is 6.29 Å². The van der Waals surface area contributed by atoms with E-state index in [1.165, 1.54) is 0 Å². The van der Waals surface area contributed by atoms with E-state index in [1.807, 2.05) is 42.5 Å². The Hall–Kier alpha value is -2.35. The zero-order valence-corrected chi connectivity index (χ0v) is 13.8. The van der Waals surface area contributed by atoms with Gasteiger partial charge in [-0.3, -0.25) is 4.79 Å². The van der Waals surface area contributed by atoms with Crippen LogP contribution in [0.2, 0.25) is 0 Å². The molecule has 2 rings (SSSR count). The van der Waals surface area contributed by atoms with Crippen molar-refractivity contribution in [1.29, 1.82) is 0 Å². The van der Waals surface area contributed by atoms with Gasteiger partial charge in [0.15, 0.2) is 6.29 Å². The Bertz CT molecular complexity index is 644. The summed E-state index contributed by atoms with van der Waals surface area (Å²) in [5.41, 5.74) is 3.75. The largest absolute Gasteiger partial charge is 0.493 e. The van der Waals surface area contributed by atoms with E-state index in [4.69, 9.17) is 4.74 Å². The van der Waals surface area contributed by atoms with E-state index < -0.39 is 0 Å². The SMILES string of the molecule is C=CCc1cc(-c2ccccc2)cc(C=O)c1OCCCCC. The molecule has 2 nitrogen and oxygen atoms in total. The fourth-order valence-corrected chi connectivity index (χ4v) is 2.61. The lowest BCUT2D eigenvalue weighted by Gasteiger charge is -2.15. The third kappa shape index (κ3) is 4.56. The first kappa shape index (κ1) is 17.0. The number of carbonyl (C=O) groups excluding carboxylic acids is 1. The van der Waals surface area contributed by atoms with Gasteiger partial charge in [-0.05, 0) is 41.7 Å². The minimum Gasteiger partial charge on any atom is -0.493 e. The molecular weight excluding hydrogens is 284 g/mol. The van der Waals surface area contributed by atoms with Crippen LogP contribution < -0.4 is 4.74 Å². The molecule has 0 aliphatic rings. The van der Waals surface area contributed by atoms with E-state index in [0.717, 1.165) is 42.2 Å². The van der Waals surface area contributed by atoms with Gasteiger partial charge in [0.25, 0.3) is 0 Å². The average molecular weight is 308 g/mol. The molecule has 120 valence electrons. The standard InChI is InChI=1S/C21H24O2/c1-3-5-9-13-23-21-18(10-4-2)14-19(15-20(21)16-22)17-11-7-6-8-12-17/h4,6-8,11-12,14-16H,2-3,5,9-10,13H2,1H3. The van der Waals surface area contributed by atoms with E-state index >= 15 is 0 Å². The average Bonchev–Trinajstić information content (AvgIpc) is 2.60. The van der Waals surface area contributed by atoms with Crippen molar-refractivity contribution in [1.82, 2.24) is 0 Å². The van der Waals surface area contributed by atoms with Gasteiger partial charge < -0.3 is 4.74 Å². The first-order chi connectivity index (χ1) is 11.3. The van der Waals surface area contributed by atoms with Gasteiger partial charge in [-0.1, -0.05) is 56.2 Å². The van der Waals surface area contributed by atoms with Crippen molar-refractivity contribution in [3.05, 3.63) is 66.2 Å². The second-order valence-electron chi connectivity index (χ2n) is 5.59. The molecule has 0 radical (unpaired) electrons. The summed E-state index contributed by atoms with van der Waals surface area (Å²) >= 11 is 0. The van der Waals surface area contributed by atoms with Gasteiger partial charge in [-0.15, -0.1) is 6.58 Å². The summed E-state index contributed by atoms with van der Waals surface area (Å²) in [4.78, 5) is 11.6. The van der Waals surface area contributed by atoms with Crippen molar-refractivity contribution in [2.24, 2.45) is 0 Å². The van der Waals surface area contributed by atoms with Crippen LogP contribution in [0.25, 0.3) is 11.1 Å². The number of hydrogen-bond donors (Lipinski definition) is 0. The molecule has 2 aromatic carbocycles. The number of rotatable bonds is 9. The van der Waals surface area contributed by atoms with Crippen LogP contribution in [-0.2, 0) is 6.42 Å². The molecule has 0 N–H and O–H groups in total. The van der Waals surface area contributed by atoms with Crippen molar-refractivity contribution in [2.75, 3.05) is 6.61 Å². The Morgan fingerprint density at radius 3 is 2.52 bits per heavy atom. The molecule has 0 saturated heterocycles. The summed E-state index contributed by atoms with van der Waals surface area (Å²) in [7, 11) is 0. The number of unbranched alkanes of at least 4 members (excludes halogenated alkanes) is 2. The van der Waals surface area contributed by atoms with Crippen molar-refractivity contribution in [3.8, 4) is 16.9 Å². The number of allylic oxidation sites excluding steroid dienone is 1. The number of benzene rings is 2. The lowest BCUT2D eigenvalue weighted by atomic mass is 9.97. The first-order valence-corrected chi connectivity index (χ1v) is 8.21. The van der Waals surface area contributed by atoms with Crippen LogP contribution >= 0.6 is 0 Å². The third-order valence-corrected chi connectivity index (χ3v) is 3.79. The maximum atomic E-state index is 11.6. The monoisotopic (exact) mass is 308 g/mol. The maximum Gasteiger partial charge on any atom is 0.153 e. The van der Waals surface area contributed by atoms with Crippen LogP contribution in [0.5, 0.6) is 5.75 Å². The molecule has 0 aliphatic carbocycles. The zero-order valence-electron chi connectivity index (χ0n) is 13.8. The Kier molecular flexibility index (Phi) is 6.61.